The predicted molar refractivity (Wildman–Crippen MR) is 54.8 cm³/mol. The molecule has 0 spiro atoms. The third-order valence-electron chi connectivity index (χ3n) is 2.43. The normalized spacial score (nSPS) is 27.1. The van der Waals surface area contributed by atoms with Crippen LogP contribution in [0.3, 0.4) is 0 Å². The number of hydrogen-bond acceptors (Lipinski definition) is 2. The van der Waals surface area contributed by atoms with Crippen molar-refractivity contribution in [3.8, 4) is 0 Å². The van der Waals surface area contributed by atoms with Crippen LogP contribution in [0.5, 0.6) is 0 Å². The van der Waals surface area contributed by atoms with Crippen LogP contribution in [0, 0.1) is 0 Å². The molecule has 1 aromatic carbocycles. The summed E-state index contributed by atoms with van der Waals surface area (Å²) in [6.07, 6.45) is 2.95. The van der Waals surface area contributed by atoms with E-state index in [9.17, 15) is 0 Å². The Kier molecular flexibility index (Phi) is 2.96. The molecule has 2 rings (SSSR count). The minimum absolute atomic E-state index is 0.119. The number of hydrogen-bond donors (Lipinski definition) is 0. The summed E-state index contributed by atoms with van der Waals surface area (Å²) in [5.41, 5.74) is 1.21. The quantitative estimate of drug-likeness (QED) is 0.667. The summed E-state index contributed by atoms with van der Waals surface area (Å²) in [7, 11) is 0. The molecule has 0 bridgehead atoms. The fourth-order valence-corrected chi connectivity index (χ4v) is 1.62. The lowest BCUT2D eigenvalue weighted by Gasteiger charge is -2.28. The van der Waals surface area contributed by atoms with Crippen LogP contribution in [0.1, 0.15) is 18.1 Å². The number of ether oxygens (including phenoxy) is 2. The van der Waals surface area contributed by atoms with Crippen LogP contribution in [0.2, 0.25) is 0 Å². The van der Waals surface area contributed by atoms with Crippen molar-refractivity contribution in [2.75, 3.05) is 6.79 Å². The Balaban J connectivity index is 2.08. The maximum absolute atomic E-state index is 5.53. The fraction of sp³-hybridized carbons (Fsp3) is 0.333. The molecule has 2 heteroatoms. The average Bonchev–Trinajstić information content (AvgIpc) is 2.30. The van der Waals surface area contributed by atoms with Crippen LogP contribution in [0.25, 0.3) is 0 Å². The van der Waals surface area contributed by atoms with E-state index in [1.807, 2.05) is 24.3 Å². The first-order valence-corrected chi connectivity index (χ1v) is 4.81. The summed E-state index contributed by atoms with van der Waals surface area (Å²) in [4.78, 5) is 0. The molecule has 1 aliphatic rings. The summed E-state index contributed by atoms with van der Waals surface area (Å²) in [5, 5.41) is 0. The Morgan fingerprint density at radius 2 is 2.00 bits per heavy atom. The third-order valence-corrected chi connectivity index (χ3v) is 2.43. The molecule has 0 saturated carbocycles. The molecule has 0 radical (unpaired) electrons. The van der Waals surface area contributed by atoms with Crippen molar-refractivity contribution in [3.05, 3.63) is 48.6 Å². The smallest absolute Gasteiger partial charge is 0.148 e. The molecule has 0 aromatic heterocycles. The van der Waals surface area contributed by atoms with E-state index >= 15 is 0 Å². The first-order valence-electron chi connectivity index (χ1n) is 4.81. The fourth-order valence-electron chi connectivity index (χ4n) is 1.62. The Morgan fingerprint density at radius 1 is 1.21 bits per heavy atom. The van der Waals surface area contributed by atoms with Gasteiger partial charge in [0.05, 0.1) is 12.2 Å². The van der Waals surface area contributed by atoms with Crippen LogP contribution in [0.4, 0.5) is 0 Å². The zero-order chi connectivity index (χ0) is 9.80. The van der Waals surface area contributed by atoms with Crippen LogP contribution >= 0.6 is 0 Å². The van der Waals surface area contributed by atoms with Gasteiger partial charge in [0.25, 0.3) is 0 Å². The molecule has 14 heavy (non-hydrogen) atoms. The van der Waals surface area contributed by atoms with E-state index in [1.165, 1.54) is 5.56 Å². The summed E-state index contributed by atoms with van der Waals surface area (Å²) in [5.74, 6) is 0. The molecule has 0 N–H and O–H groups in total. The molecule has 0 aliphatic carbocycles. The Hall–Kier alpha value is -1.12. The molecule has 2 nitrogen and oxygen atoms in total. The van der Waals surface area contributed by atoms with E-state index in [0.29, 0.717) is 6.79 Å². The molecule has 1 aliphatic heterocycles. The van der Waals surface area contributed by atoms with Crippen molar-refractivity contribution >= 4 is 0 Å². The van der Waals surface area contributed by atoms with Gasteiger partial charge in [-0.3, -0.25) is 0 Å². The van der Waals surface area contributed by atoms with Crippen molar-refractivity contribution in [2.24, 2.45) is 0 Å². The van der Waals surface area contributed by atoms with E-state index < -0.39 is 0 Å². The van der Waals surface area contributed by atoms with Crippen LogP contribution < -0.4 is 0 Å². The van der Waals surface area contributed by atoms with Gasteiger partial charge in [-0.1, -0.05) is 36.4 Å². The summed E-state index contributed by atoms with van der Waals surface area (Å²) in [6, 6.07) is 10.2. The van der Waals surface area contributed by atoms with Crippen LogP contribution in [-0.4, -0.2) is 12.9 Å². The highest BCUT2D eigenvalue weighted by molar-refractivity contribution is 5.18. The second kappa shape index (κ2) is 4.40. The number of rotatable bonds is 2. The predicted octanol–water partition coefficient (Wildman–Crippen LogP) is 2.68. The topological polar surface area (TPSA) is 18.5 Å². The van der Waals surface area contributed by atoms with E-state index in [1.54, 1.807) is 0 Å². The van der Waals surface area contributed by atoms with Crippen molar-refractivity contribution in [2.45, 2.75) is 18.6 Å². The molecular weight excluding hydrogens is 176 g/mol. The van der Waals surface area contributed by atoms with Gasteiger partial charge in [-0.2, -0.15) is 0 Å². The van der Waals surface area contributed by atoms with E-state index in [0.717, 1.165) is 6.42 Å². The minimum atomic E-state index is 0.119. The Bertz CT molecular complexity index is 294. The van der Waals surface area contributed by atoms with Gasteiger partial charge in [0.1, 0.15) is 6.79 Å². The second-order valence-corrected chi connectivity index (χ2v) is 3.36. The van der Waals surface area contributed by atoms with Crippen molar-refractivity contribution in [1.82, 2.24) is 0 Å². The van der Waals surface area contributed by atoms with E-state index in [-0.39, 0.29) is 12.2 Å². The first-order chi connectivity index (χ1) is 6.90. The van der Waals surface area contributed by atoms with Gasteiger partial charge < -0.3 is 9.47 Å². The van der Waals surface area contributed by atoms with Gasteiger partial charge in [0.2, 0.25) is 0 Å². The second-order valence-electron chi connectivity index (χ2n) is 3.36. The molecule has 1 aromatic rings. The van der Waals surface area contributed by atoms with Gasteiger partial charge >= 0.3 is 0 Å². The zero-order valence-electron chi connectivity index (χ0n) is 8.06. The zero-order valence-corrected chi connectivity index (χ0v) is 8.06. The SMILES string of the molecule is C=CC1CC(c2ccccc2)OCO1. The summed E-state index contributed by atoms with van der Waals surface area (Å²) >= 11 is 0. The molecule has 1 heterocycles. The first kappa shape index (κ1) is 9.44. The van der Waals surface area contributed by atoms with Gasteiger partial charge in [-0.25, -0.2) is 0 Å². The highest BCUT2D eigenvalue weighted by Gasteiger charge is 2.21. The maximum atomic E-state index is 5.53. The molecule has 1 fully saturated rings. The lowest BCUT2D eigenvalue weighted by Crippen LogP contribution is -2.24. The van der Waals surface area contributed by atoms with Crippen molar-refractivity contribution in [3.63, 3.8) is 0 Å². The third kappa shape index (κ3) is 2.03. The maximum Gasteiger partial charge on any atom is 0.148 e. The average molecular weight is 190 g/mol. The lowest BCUT2D eigenvalue weighted by atomic mass is 10.0. The van der Waals surface area contributed by atoms with E-state index in [4.69, 9.17) is 9.47 Å². The highest BCUT2D eigenvalue weighted by Crippen LogP contribution is 2.27. The van der Waals surface area contributed by atoms with Crippen molar-refractivity contribution < 1.29 is 9.47 Å². The molecule has 2 unspecified atom stereocenters. The standard InChI is InChI=1S/C12H14O2/c1-2-11-8-12(14-9-13-11)10-6-4-3-5-7-10/h2-7,11-12H,1,8-9H2. The highest BCUT2D eigenvalue weighted by atomic mass is 16.7. The van der Waals surface area contributed by atoms with Gasteiger partial charge in [0, 0.05) is 6.42 Å². The van der Waals surface area contributed by atoms with Gasteiger partial charge in [0.15, 0.2) is 0 Å². The van der Waals surface area contributed by atoms with Crippen molar-refractivity contribution in [1.29, 1.82) is 0 Å². The van der Waals surface area contributed by atoms with Gasteiger partial charge in [-0.05, 0) is 5.56 Å². The Labute approximate surface area is 84.2 Å². The molecule has 2 atom stereocenters. The molecular formula is C12H14O2. The van der Waals surface area contributed by atoms with Gasteiger partial charge in [-0.15, -0.1) is 6.58 Å². The minimum Gasteiger partial charge on any atom is -0.348 e. The molecule has 1 saturated heterocycles. The Morgan fingerprint density at radius 3 is 2.71 bits per heavy atom. The number of benzene rings is 1. The van der Waals surface area contributed by atoms with Crippen LogP contribution in [-0.2, 0) is 9.47 Å². The monoisotopic (exact) mass is 190 g/mol. The van der Waals surface area contributed by atoms with E-state index in [2.05, 4.69) is 18.7 Å². The summed E-state index contributed by atoms with van der Waals surface area (Å²) in [6.45, 7) is 4.09. The lowest BCUT2D eigenvalue weighted by molar-refractivity contribution is -0.163. The molecule has 74 valence electrons. The largest absolute Gasteiger partial charge is 0.348 e. The van der Waals surface area contributed by atoms with Crippen LogP contribution in [0.15, 0.2) is 43.0 Å². The summed E-state index contributed by atoms with van der Waals surface area (Å²) < 4.78 is 10.9. The molecule has 0 amide bonds.